The first-order chi connectivity index (χ1) is 12.9. The van der Waals surface area contributed by atoms with E-state index in [2.05, 4.69) is 0 Å². The number of carbonyl (C=O) groups is 2. The van der Waals surface area contributed by atoms with Crippen molar-refractivity contribution in [1.29, 1.82) is 0 Å². The Balaban J connectivity index is 1.60. The van der Waals surface area contributed by atoms with Crippen LogP contribution in [0.2, 0.25) is 0 Å². The normalized spacial score (nSPS) is 23.6. The average Bonchev–Trinajstić information content (AvgIpc) is 3.25. The molecule has 2 unspecified atom stereocenters. The lowest BCUT2D eigenvalue weighted by molar-refractivity contribution is -0.152. The zero-order chi connectivity index (χ0) is 19.4. The van der Waals surface area contributed by atoms with Gasteiger partial charge in [0.05, 0.1) is 11.5 Å². The Hall–Kier alpha value is -1.06. The zero-order valence-electron chi connectivity index (χ0n) is 15.4. The minimum absolute atomic E-state index is 0.00708. The van der Waals surface area contributed by atoms with Gasteiger partial charge in [-0.3, -0.25) is 9.59 Å². The van der Waals surface area contributed by atoms with Crippen LogP contribution in [0.5, 0.6) is 0 Å². The molecule has 0 radical (unpaired) electrons. The highest BCUT2D eigenvalue weighted by Gasteiger charge is 2.35. The third-order valence-electron chi connectivity index (χ3n) is 4.95. The highest BCUT2D eigenvalue weighted by molar-refractivity contribution is 8.00. The molecule has 3 heterocycles. The predicted molar refractivity (Wildman–Crippen MR) is 108 cm³/mol. The number of fused-ring (bicyclic) bond motifs is 1. The van der Waals surface area contributed by atoms with Crippen LogP contribution in [-0.2, 0) is 30.6 Å². The molecule has 2 aliphatic heterocycles. The lowest BCUT2D eigenvalue weighted by atomic mass is 10.1. The number of esters is 1. The number of nitrogens with zero attached hydrogens (tertiary/aromatic N) is 1. The summed E-state index contributed by atoms with van der Waals surface area (Å²) in [6.45, 7) is 2.20. The molecule has 3 rings (SSSR count). The Labute approximate surface area is 168 Å². The molecule has 6 nitrogen and oxygen atoms in total. The molecule has 0 bridgehead atoms. The summed E-state index contributed by atoms with van der Waals surface area (Å²) in [4.78, 5) is 28.0. The molecule has 0 N–H and O–H groups in total. The third-order valence-corrected chi connectivity index (χ3v) is 8.92. The van der Waals surface area contributed by atoms with Gasteiger partial charge in [0, 0.05) is 17.5 Å². The van der Waals surface area contributed by atoms with E-state index < -0.39 is 9.84 Å². The molecular weight excluding hydrogens is 406 g/mol. The number of rotatable bonds is 7. The van der Waals surface area contributed by atoms with Gasteiger partial charge in [0.15, 0.2) is 16.4 Å². The van der Waals surface area contributed by atoms with E-state index in [1.807, 2.05) is 18.4 Å². The van der Waals surface area contributed by atoms with Crippen molar-refractivity contribution in [2.24, 2.45) is 0 Å². The molecule has 0 spiro atoms. The summed E-state index contributed by atoms with van der Waals surface area (Å²) in [6.07, 6.45) is 3.12. The molecule has 27 heavy (non-hydrogen) atoms. The number of unbranched alkanes of at least 4 members (excludes halogenated alkanes) is 1. The first-order valence-electron chi connectivity index (χ1n) is 9.25. The third kappa shape index (κ3) is 5.06. The van der Waals surface area contributed by atoms with Crippen LogP contribution >= 0.6 is 23.1 Å². The van der Waals surface area contributed by atoms with Gasteiger partial charge in [0.25, 0.3) is 5.91 Å². The lowest BCUT2D eigenvalue weighted by Crippen LogP contribution is -2.44. The van der Waals surface area contributed by atoms with Gasteiger partial charge >= 0.3 is 5.97 Å². The van der Waals surface area contributed by atoms with Crippen LogP contribution in [0.1, 0.15) is 41.9 Å². The molecule has 0 saturated carbocycles. The van der Waals surface area contributed by atoms with E-state index in [1.165, 1.54) is 4.88 Å². The maximum Gasteiger partial charge on any atom is 0.324 e. The van der Waals surface area contributed by atoms with Crippen LogP contribution in [0.4, 0.5) is 0 Å². The Morgan fingerprint density at radius 2 is 2.19 bits per heavy atom. The minimum Gasteiger partial charge on any atom is -0.454 e. The summed E-state index contributed by atoms with van der Waals surface area (Å²) >= 11 is 3.19. The highest BCUT2D eigenvalue weighted by atomic mass is 32.2. The van der Waals surface area contributed by atoms with Crippen molar-refractivity contribution in [3.63, 3.8) is 0 Å². The average molecular weight is 432 g/mol. The standard InChI is InChI=1S/C18H25NO5S3/c1-2-3-7-19(13-6-10-27(22,23)12-13)16(20)11-24-18(21)17-14-4-8-25-15(14)5-9-26-17/h4,8,13,17H,2-3,5-7,9-12H2,1H3. The van der Waals surface area contributed by atoms with Gasteiger partial charge in [-0.25, -0.2) is 8.42 Å². The summed E-state index contributed by atoms with van der Waals surface area (Å²) < 4.78 is 28.9. The van der Waals surface area contributed by atoms with Crippen molar-refractivity contribution < 1.29 is 22.7 Å². The van der Waals surface area contributed by atoms with Crippen LogP contribution in [-0.4, -0.2) is 61.6 Å². The number of aryl methyl sites for hydroxylation is 1. The molecule has 1 amide bonds. The first-order valence-corrected chi connectivity index (χ1v) is 13.0. The second-order valence-corrected chi connectivity index (χ2v) is 11.3. The number of thiophene rings is 1. The van der Waals surface area contributed by atoms with Crippen molar-refractivity contribution in [1.82, 2.24) is 4.90 Å². The molecule has 0 aromatic carbocycles. The van der Waals surface area contributed by atoms with Crippen LogP contribution in [0.15, 0.2) is 11.4 Å². The van der Waals surface area contributed by atoms with Crippen LogP contribution in [0.25, 0.3) is 0 Å². The van der Waals surface area contributed by atoms with Crippen LogP contribution in [0.3, 0.4) is 0 Å². The number of amides is 1. The predicted octanol–water partition coefficient (Wildman–Crippen LogP) is 2.44. The number of carbonyl (C=O) groups excluding carboxylic acids is 2. The van der Waals surface area contributed by atoms with E-state index in [-0.39, 0.29) is 41.3 Å². The number of ether oxygens (including phenoxy) is 1. The fourth-order valence-electron chi connectivity index (χ4n) is 3.49. The van der Waals surface area contributed by atoms with E-state index in [0.29, 0.717) is 13.0 Å². The molecule has 2 atom stereocenters. The maximum atomic E-state index is 12.7. The van der Waals surface area contributed by atoms with Crippen molar-refractivity contribution in [3.8, 4) is 0 Å². The van der Waals surface area contributed by atoms with Crippen molar-refractivity contribution >= 4 is 44.8 Å². The van der Waals surface area contributed by atoms with Crippen molar-refractivity contribution in [2.45, 2.75) is 43.9 Å². The van der Waals surface area contributed by atoms with Gasteiger partial charge in [-0.2, -0.15) is 0 Å². The molecule has 9 heteroatoms. The lowest BCUT2D eigenvalue weighted by Gasteiger charge is -2.28. The smallest absolute Gasteiger partial charge is 0.324 e. The molecule has 2 aliphatic rings. The van der Waals surface area contributed by atoms with Gasteiger partial charge in [-0.1, -0.05) is 13.3 Å². The Kier molecular flexibility index (Phi) is 6.86. The summed E-state index contributed by atoms with van der Waals surface area (Å²) in [7, 11) is -3.08. The van der Waals surface area contributed by atoms with E-state index in [4.69, 9.17) is 4.74 Å². The summed E-state index contributed by atoms with van der Waals surface area (Å²) in [5.41, 5.74) is 0.999. The summed E-state index contributed by atoms with van der Waals surface area (Å²) in [5.74, 6) is 0.302. The number of thioether (sulfide) groups is 1. The fourth-order valence-corrected chi connectivity index (χ4v) is 7.51. The van der Waals surface area contributed by atoms with Crippen LogP contribution in [0, 0.1) is 0 Å². The van der Waals surface area contributed by atoms with Crippen LogP contribution < -0.4 is 0 Å². The Morgan fingerprint density at radius 3 is 2.89 bits per heavy atom. The van der Waals surface area contributed by atoms with Gasteiger partial charge < -0.3 is 9.64 Å². The zero-order valence-corrected chi connectivity index (χ0v) is 17.8. The number of hydrogen-bond donors (Lipinski definition) is 0. The molecule has 1 aromatic heterocycles. The maximum absolute atomic E-state index is 12.7. The number of sulfone groups is 1. The van der Waals surface area contributed by atoms with E-state index in [9.17, 15) is 18.0 Å². The van der Waals surface area contributed by atoms with E-state index >= 15 is 0 Å². The van der Waals surface area contributed by atoms with E-state index in [0.717, 1.165) is 30.6 Å². The monoisotopic (exact) mass is 431 g/mol. The first kappa shape index (κ1) is 20.7. The summed E-state index contributed by atoms with van der Waals surface area (Å²) in [6, 6.07) is 1.65. The highest BCUT2D eigenvalue weighted by Crippen LogP contribution is 2.40. The molecule has 0 aliphatic carbocycles. The van der Waals surface area contributed by atoms with Crippen molar-refractivity contribution in [3.05, 3.63) is 21.9 Å². The van der Waals surface area contributed by atoms with Gasteiger partial charge in [-0.15, -0.1) is 23.1 Å². The summed E-state index contributed by atoms with van der Waals surface area (Å²) in [5, 5.41) is 1.61. The second-order valence-electron chi connectivity index (χ2n) is 6.91. The second kappa shape index (κ2) is 8.96. The van der Waals surface area contributed by atoms with Crippen molar-refractivity contribution in [2.75, 3.05) is 30.4 Å². The molecule has 1 fully saturated rings. The largest absolute Gasteiger partial charge is 0.454 e. The Bertz CT molecular complexity index is 789. The van der Waals surface area contributed by atoms with E-state index in [1.54, 1.807) is 28.0 Å². The SMILES string of the molecule is CCCCN(C(=O)COC(=O)C1SCCc2sccc21)C1CCS(=O)(=O)C1. The molecular formula is C18H25NO5S3. The fraction of sp³-hybridized carbons (Fsp3) is 0.667. The minimum atomic E-state index is -3.08. The molecule has 150 valence electrons. The van der Waals surface area contributed by atoms with Gasteiger partial charge in [-0.05, 0) is 42.0 Å². The van der Waals surface area contributed by atoms with Gasteiger partial charge in [0.2, 0.25) is 0 Å². The topological polar surface area (TPSA) is 80.8 Å². The quantitative estimate of drug-likeness (QED) is 0.617. The number of hydrogen-bond acceptors (Lipinski definition) is 7. The molecule has 1 aromatic rings. The Morgan fingerprint density at radius 1 is 1.37 bits per heavy atom. The molecule has 1 saturated heterocycles. The van der Waals surface area contributed by atoms with Gasteiger partial charge in [0.1, 0.15) is 5.25 Å².